The predicted octanol–water partition coefficient (Wildman–Crippen LogP) is 1.81. The van der Waals surface area contributed by atoms with Crippen LogP contribution < -0.4 is 11.1 Å². The van der Waals surface area contributed by atoms with Gasteiger partial charge >= 0.3 is 0 Å². The van der Waals surface area contributed by atoms with Crippen molar-refractivity contribution in [3.63, 3.8) is 0 Å². The van der Waals surface area contributed by atoms with Crippen molar-refractivity contribution in [2.24, 2.45) is 5.92 Å². The van der Waals surface area contributed by atoms with Crippen molar-refractivity contribution in [2.75, 3.05) is 18.2 Å². The minimum absolute atomic E-state index is 0.390. The molecule has 5 heteroatoms. The van der Waals surface area contributed by atoms with E-state index in [9.17, 15) is 0 Å². The van der Waals surface area contributed by atoms with Crippen LogP contribution in [0.2, 0.25) is 0 Å². The summed E-state index contributed by atoms with van der Waals surface area (Å²) in [7, 11) is 1.62. The Morgan fingerprint density at radius 2 is 2.29 bits per heavy atom. The number of anilines is 2. The minimum Gasteiger partial charge on any atom is -0.384 e. The number of nitrogens with two attached hydrogens (primary N) is 1. The van der Waals surface area contributed by atoms with Gasteiger partial charge in [0.15, 0.2) is 5.82 Å². The smallest absolute Gasteiger partial charge is 0.158 e. The summed E-state index contributed by atoms with van der Waals surface area (Å²) >= 11 is 0. The molecule has 1 heterocycles. The molecule has 0 radical (unpaired) electrons. The highest BCUT2D eigenvalue weighted by Crippen LogP contribution is 2.27. The number of aromatic nitrogens is 2. The molecule has 5 nitrogen and oxygen atoms in total. The van der Waals surface area contributed by atoms with Gasteiger partial charge in [-0.3, -0.25) is 0 Å². The Hall–Kier alpha value is -1.36. The standard InChI is InChI=1S/C12H20N4O/c1-8-3-4-9(5-8)14-11-6-10(13)15-12(16-11)7-17-2/h6,8-9H,3-5,7H2,1-2H3,(H3,13,14,15,16). The van der Waals surface area contributed by atoms with Gasteiger partial charge in [-0.2, -0.15) is 0 Å². The lowest BCUT2D eigenvalue weighted by Gasteiger charge is -2.14. The van der Waals surface area contributed by atoms with Crippen molar-refractivity contribution in [3.05, 3.63) is 11.9 Å². The Labute approximate surface area is 102 Å². The van der Waals surface area contributed by atoms with Crippen molar-refractivity contribution >= 4 is 11.6 Å². The van der Waals surface area contributed by atoms with Crippen LogP contribution in [0.5, 0.6) is 0 Å². The summed E-state index contributed by atoms with van der Waals surface area (Å²) in [6.45, 7) is 2.67. The molecule has 2 atom stereocenters. The van der Waals surface area contributed by atoms with E-state index in [2.05, 4.69) is 22.2 Å². The Morgan fingerprint density at radius 3 is 2.94 bits per heavy atom. The third-order valence-electron chi connectivity index (χ3n) is 3.11. The second-order valence-electron chi connectivity index (χ2n) is 4.79. The summed E-state index contributed by atoms with van der Waals surface area (Å²) in [6, 6.07) is 2.29. The van der Waals surface area contributed by atoms with Crippen molar-refractivity contribution in [1.82, 2.24) is 9.97 Å². The van der Waals surface area contributed by atoms with E-state index in [1.807, 2.05) is 0 Å². The van der Waals surface area contributed by atoms with Gasteiger partial charge in [-0.25, -0.2) is 9.97 Å². The molecule has 2 unspecified atom stereocenters. The number of ether oxygens (including phenoxy) is 1. The molecule has 1 aliphatic carbocycles. The minimum atomic E-state index is 0.390. The van der Waals surface area contributed by atoms with Gasteiger partial charge in [0.05, 0.1) is 0 Å². The second kappa shape index (κ2) is 5.31. The van der Waals surface area contributed by atoms with Crippen molar-refractivity contribution in [2.45, 2.75) is 38.8 Å². The first-order chi connectivity index (χ1) is 8.17. The lowest BCUT2D eigenvalue weighted by Crippen LogP contribution is -2.17. The summed E-state index contributed by atoms with van der Waals surface area (Å²) < 4.78 is 5.02. The molecule has 1 aliphatic rings. The molecule has 3 N–H and O–H groups in total. The first kappa shape index (κ1) is 12.1. The van der Waals surface area contributed by atoms with Crippen LogP contribution in [-0.4, -0.2) is 23.1 Å². The van der Waals surface area contributed by atoms with Crippen LogP contribution >= 0.6 is 0 Å². The van der Waals surface area contributed by atoms with E-state index in [0.29, 0.717) is 24.3 Å². The fraction of sp³-hybridized carbons (Fsp3) is 0.667. The number of hydrogen-bond acceptors (Lipinski definition) is 5. The molecule has 2 rings (SSSR count). The predicted molar refractivity (Wildman–Crippen MR) is 67.6 cm³/mol. The average molecular weight is 236 g/mol. The number of nitrogen functional groups attached to an aromatic ring is 1. The van der Waals surface area contributed by atoms with E-state index in [-0.39, 0.29) is 0 Å². The summed E-state index contributed by atoms with van der Waals surface area (Å²) in [5, 5.41) is 3.42. The summed E-state index contributed by atoms with van der Waals surface area (Å²) in [5.74, 6) is 2.72. The average Bonchev–Trinajstić information content (AvgIpc) is 2.63. The summed E-state index contributed by atoms with van der Waals surface area (Å²) in [6.07, 6.45) is 3.68. The lowest BCUT2D eigenvalue weighted by molar-refractivity contribution is 0.178. The third kappa shape index (κ3) is 3.30. The highest BCUT2D eigenvalue weighted by Gasteiger charge is 2.21. The molecular weight excluding hydrogens is 216 g/mol. The molecule has 0 bridgehead atoms. The zero-order valence-electron chi connectivity index (χ0n) is 10.4. The van der Waals surface area contributed by atoms with E-state index in [4.69, 9.17) is 10.5 Å². The van der Waals surface area contributed by atoms with Gasteiger partial charge in [-0.1, -0.05) is 6.92 Å². The molecule has 94 valence electrons. The van der Waals surface area contributed by atoms with E-state index in [0.717, 1.165) is 11.7 Å². The molecule has 1 aromatic heterocycles. The Bertz CT molecular complexity index is 383. The maximum atomic E-state index is 5.74. The summed E-state index contributed by atoms with van der Waals surface area (Å²) in [4.78, 5) is 8.50. The van der Waals surface area contributed by atoms with Crippen LogP contribution in [0.1, 0.15) is 32.0 Å². The normalized spacial score (nSPS) is 23.9. The zero-order chi connectivity index (χ0) is 12.3. The van der Waals surface area contributed by atoms with Crippen molar-refractivity contribution < 1.29 is 4.74 Å². The number of nitrogens with zero attached hydrogens (tertiary/aromatic N) is 2. The van der Waals surface area contributed by atoms with Crippen LogP contribution in [-0.2, 0) is 11.3 Å². The molecule has 17 heavy (non-hydrogen) atoms. The van der Waals surface area contributed by atoms with Crippen molar-refractivity contribution in [3.8, 4) is 0 Å². The SMILES string of the molecule is COCc1nc(N)cc(NC2CCC(C)C2)n1. The molecule has 0 aromatic carbocycles. The fourth-order valence-electron chi connectivity index (χ4n) is 2.33. The molecule has 1 saturated carbocycles. The van der Waals surface area contributed by atoms with E-state index >= 15 is 0 Å². The monoisotopic (exact) mass is 236 g/mol. The maximum Gasteiger partial charge on any atom is 0.158 e. The number of hydrogen-bond donors (Lipinski definition) is 2. The first-order valence-corrected chi connectivity index (χ1v) is 6.06. The van der Waals surface area contributed by atoms with Gasteiger partial charge in [0.1, 0.15) is 18.2 Å². The van der Waals surface area contributed by atoms with Crippen LogP contribution in [0.15, 0.2) is 6.07 Å². The molecule has 0 amide bonds. The molecule has 1 fully saturated rings. The molecule has 0 saturated heterocycles. The second-order valence-corrected chi connectivity index (χ2v) is 4.79. The topological polar surface area (TPSA) is 73.1 Å². The van der Waals surface area contributed by atoms with E-state index in [1.165, 1.54) is 19.3 Å². The lowest BCUT2D eigenvalue weighted by atomic mass is 10.1. The molecular formula is C12H20N4O. The van der Waals surface area contributed by atoms with Crippen LogP contribution in [0.4, 0.5) is 11.6 Å². The van der Waals surface area contributed by atoms with Gasteiger partial charge in [-0.15, -0.1) is 0 Å². The van der Waals surface area contributed by atoms with Gasteiger partial charge in [0.2, 0.25) is 0 Å². The number of nitrogens with one attached hydrogen (secondary N) is 1. The molecule has 1 aromatic rings. The third-order valence-corrected chi connectivity index (χ3v) is 3.11. The van der Waals surface area contributed by atoms with E-state index in [1.54, 1.807) is 13.2 Å². The van der Waals surface area contributed by atoms with Crippen LogP contribution in [0.25, 0.3) is 0 Å². The summed E-state index contributed by atoms with van der Waals surface area (Å²) in [5.41, 5.74) is 5.74. The van der Waals surface area contributed by atoms with Crippen molar-refractivity contribution in [1.29, 1.82) is 0 Å². The Balaban J connectivity index is 2.04. The van der Waals surface area contributed by atoms with Gasteiger partial charge < -0.3 is 15.8 Å². The highest BCUT2D eigenvalue weighted by molar-refractivity contribution is 5.45. The Kier molecular flexibility index (Phi) is 3.78. The van der Waals surface area contributed by atoms with Gasteiger partial charge in [0.25, 0.3) is 0 Å². The zero-order valence-corrected chi connectivity index (χ0v) is 10.4. The number of rotatable bonds is 4. The largest absolute Gasteiger partial charge is 0.384 e. The van der Waals surface area contributed by atoms with Crippen LogP contribution in [0, 0.1) is 5.92 Å². The van der Waals surface area contributed by atoms with Gasteiger partial charge in [-0.05, 0) is 25.2 Å². The fourth-order valence-corrected chi connectivity index (χ4v) is 2.33. The first-order valence-electron chi connectivity index (χ1n) is 6.06. The maximum absolute atomic E-state index is 5.74. The quantitative estimate of drug-likeness (QED) is 0.834. The van der Waals surface area contributed by atoms with Gasteiger partial charge in [0, 0.05) is 19.2 Å². The Morgan fingerprint density at radius 1 is 1.47 bits per heavy atom. The molecule has 0 spiro atoms. The molecule has 0 aliphatic heterocycles. The van der Waals surface area contributed by atoms with E-state index < -0.39 is 0 Å². The van der Waals surface area contributed by atoms with Crippen LogP contribution in [0.3, 0.4) is 0 Å². The number of methoxy groups -OCH3 is 1. The highest BCUT2D eigenvalue weighted by atomic mass is 16.5.